The van der Waals surface area contributed by atoms with Gasteiger partial charge in [-0.1, -0.05) is 26.7 Å². The monoisotopic (exact) mass is 278 g/mol. The highest BCUT2D eigenvalue weighted by Crippen LogP contribution is 2.36. The molecule has 2 aliphatic carbocycles. The van der Waals surface area contributed by atoms with E-state index in [1.54, 1.807) is 0 Å². The Bertz CT molecular complexity index is 357. The molecule has 3 rings (SSSR count). The van der Waals surface area contributed by atoms with Crippen LogP contribution in [0.1, 0.15) is 65.2 Å². The second kappa shape index (κ2) is 5.95. The summed E-state index contributed by atoms with van der Waals surface area (Å²) in [6.07, 6.45) is 10.2. The Morgan fingerprint density at radius 1 is 1.05 bits per heavy atom. The maximum absolute atomic E-state index is 12.6. The van der Waals surface area contributed by atoms with Crippen molar-refractivity contribution in [1.82, 2.24) is 10.2 Å². The quantitative estimate of drug-likeness (QED) is 0.777. The average molecular weight is 278 g/mol. The van der Waals surface area contributed by atoms with Crippen LogP contribution in [0.3, 0.4) is 0 Å². The summed E-state index contributed by atoms with van der Waals surface area (Å²) in [6.45, 7) is 5.62. The molecule has 3 aliphatic rings. The number of urea groups is 1. The first-order chi connectivity index (χ1) is 9.65. The molecule has 0 aromatic carbocycles. The van der Waals surface area contributed by atoms with E-state index < -0.39 is 0 Å². The molecule has 1 N–H and O–H groups in total. The van der Waals surface area contributed by atoms with Crippen molar-refractivity contribution in [2.75, 3.05) is 6.54 Å². The molecule has 1 saturated heterocycles. The van der Waals surface area contributed by atoms with Crippen LogP contribution in [0.5, 0.6) is 0 Å². The summed E-state index contributed by atoms with van der Waals surface area (Å²) in [7, 11) is 0. The van der Waals surface area contributed by atoms with E-state index in [-0.39, 0.29) is 6.03 Å². The second-order valence-corrected chi connectivity index (χ2v) is 7.55. The van der Waals surface area contributed by atoms with Crippen LogP contribution in [0.25, 0.3) is 0 Å². The van der Waals surface area contributed by atoms with Crippen LogP contribution in [0.4, 0.5) is 4.79 Å². The molecule has 3 fully saturated rings. The van der Waals surface area contributed by atoms with Crippen LogP contribution in [-0.2, 0) is 0 Å². The Morgan fingerprint density at radius 2 is 1.85 bits per heavy atom. The zero-order chi connectivity index (χ0) is 14.1. The lowest BCUT2D eigenvalue weighted by Gasteiger charge is -2.36. The number of nitrogens with zero attached hydrogens (tertiary/aromatic N) is 1. The van der Waals surface area contributed by atoms with Gasteiger partial charge in [0.05, 0.1) is 0 Å². The van der Waals surface area contributed by atoms with Crippen LogP contribution >= 0.6 is 0 Å². The molecule has 2 saturated carbocycles. The first-order valence-electron chi connectivity index (χ1n) is 8.72. The molecule has 0 aromatic rings. The predicted molar refractivity (Wildman–Crippen MR) is 81.6 cm³/mol. The average Bonchev–Trinajstić information content (AvgIpc) is 2.86. The van der Waals surface area contributed by atoms with Gasteiger partial charge in [0.15, 0.2) is 0 Å². The summed E-state index contributed by atoms with van der Waals surface area (Å²) < 4.78 is 0. The molecule has 1 aliphatic heterocycles. The van der Waals surface area contributed by atoms with Crippen LogP contribution in [0.15, 0.2) is 0 Å². The minimum absolute atomic E-state index is 0.228. The van der Waals surface area contributed by atoms with Gasteiger partial charge in [-0.3, -0.25) is 0 Å². The summed E-state index contributed by atoms with van der Waals surface area (Å²) in [5, 5.41) is 3.35. The van der Waals surface area contributed by atoms with Gasteiger partial charge in [0.1, 0.15) is 0 Å². The topological polar surface area (TPSA) is 32.3 Å². The molecule has 114 valence electrons. The van der Waals surface area contributed by atoms with Crippen molar-refractivity contribution < 1.29 is 4.79 Å². The standard InChI is InChI=1S/C17H30N2O/c1-12-7-8-15(13(2)11-12)18-17(20)19-10-9-14-5-3-4-6-16(14)19/h12-16H,3-11H2,1-2H3,(H,18,20)/t12-,13-,14+,15+,16-/m1/s1. The maximum atomic E-state index is 12.6. The molecule has 0 spiro atoms. The molecule has 0 unspecified atom stereocenters. The Hall–Kier alpha value is -0.730. The van der Waals surface area contributed by atoms with Gasteiger partial charge in [0.2, 0.25) is 0 Å². The van der Waals surface area contributed by atoms with E-state index in [9.17, 15) is 4.79 Å². The summed E-state index contributed by atoms with van der Waals surface area (Å²) in [5.74, 6) is 2.25. The summed E-state index contributed by atoms with van der Waals surface area (Å²) in [4.78, 5) is 14.8. The Labute approximate surface area is 123 Å². The van der Waals surface area contributed by atoms with Crippen LogP contribution in [0, 0.1) is 17.8 Å². The van der Waals surface area contributed by atoms with E-state index in [2.05, 4.69) is 24.1 Å². The number of carbonyl (C=O) groups is 1. The van der Waals surface area contributed by atoms with Crippen molar-refractivity contribution in [2.24, 2.45) is 17.8 Å². The van der Waals surface area contributed by atoms with Crippen molar-refractivity contribution in [2.45, 2.75) is 77.3 Å². The zero-order valence-corrected chi connectivity index (χ0v) is 13.1. The van der Waals surface area contributed by atoms with Gasteiger partial charge in [0, 0.05) is 18.6 Å². The molecular formula is C17H30N2O. The van der Waals surface area contributed by atoms with E-state index in [1.807, 2.05) is 0 Å². The maximum Gasteiger partial charge on any atom is 0.317 e. The van der Waals surface area contributed by atoms with Gasteiger partial charge in [-0.05, 0) is 56.3 Å². The molecule has 2 amide bonds. The lowest BCUT2D eigenvalue weighted by Crippen LogP contribution is -2.51. The first-order valence-corrected chi connectivity index (χ1v) is 8.72. The Balaban J connectivity index is 1.56. The zero-order valence-electron chi connectivity index (χ0n) is 13.1. The van der Waals surface area contributed by atoms with Crippen molar-refractivity contribution in [1.29, 1.82) is 0 Å². The number of carbonyl (C=O) groups excluding carboxylic acids is 1. The fourth-order valence-corrected chi connectivity index (χ4v) is 4.78. The second-order valence-electron chi connectivity index (χ2n) is 7.55. The fraction of sp³-hybridized carbons (Fsp3) is 0.941. The number of rotatable bonds is 1. The van der Waals surface area contributed by atoms with Gasteiger partial charge < -0.3 is 10.2 Å². The number of hydrogen-bond acceptors (Lipinski definition) is 1. The highest BCUT2D eigenvalue weighted by Gasteiger charge is 2.39. The van der Waals surface area contributed by atoms with Crippen molar-refractivity contribution in [3.05, 3.63) is 0 Å². The minimum atomic E-state index is 0.228. The molecule has 3 heteroatoms. The van der Waals surface area contributed by atoms with E-state index in [1.165, 1.54) is 44.9 Å². The fourth-order valence-electron chi connectivity index (χ4n) is 4.78. The van der Waals surface area contributed by atoms with E-state index in [4.69, 9.17) is 0 Å². The Morgan fingerprint density at radius 3 is 2.65 bits per heavy atom. The normalized spacial score (nSPS) is 41.3. The van der Waals surface area contributed by atoms with Gasteiger partial charge in [-0.15, -0.1) is 0 Å². The number of likely N-dealkylation sites (tertiary alicyclic amines) is 1. The highest BCUT2D eigenvalue weighted by atomic mass is 16.2. The van der Waals surface area contributed by atoms with E-state index in [0.29, 0.717) is 18.0 Å². The third-order valence-electron chi connectivity index (χ3n) is 6.01. The van der Waals surface area contributed by atoms with E-state index >= 15 is 0 Å². The van der Waals surface area contributed by atoms with Crippen molar-refractivity contribution >= 4 is 6.03 Å². The largest absolute Gasteiger partial charge is 0.335 e. The molecule has 0 radical (unpaired) electrons. The van der Waals surface area contributed by atoms with Gasteiger partial charge >= 0.3 is 6.03 Å². The van der Waals surface area contributed by atoms with Crippen LogP contribution < -0.4 is 5.32 Å². The molecule has 20 heavy (non-hydrogen) atoms. The highest BCUT2D eigenvalue weighted by molar-refractivity contribution is 5.75. The van der Waals surface area contributed by atoms with Crippen molar-refractivity contribution in [3.8, 4) is 0 Å². The summed E-state index contributed by atoms with van der Waals surface area (Å²) in [6, 6.07) is 1.17. The van der Waals surface area contributed by atoms with Gasteiger partial charge in [0.25, 0.3) is 0 Å². The lowest BCUT2D eigenvalue weighted by molar-refractivity contribution is 0.154. The predicted octanol–water partition coefficient (Wildman–Crippen LogP) is 3.79. The van der Waals surface area contributed by atoms with Crippen molar-refractivity contribution in [3.63, 3.8) is 0 Å². The molecule has 3 nitrogen and oxygen atoms in total. The first kappa shape index (κ1) is 14.2. The summed E-state index contributed by atoms with van der Waals surface area (Å²) in [5.41, 5.74) is 0. The smallest absolute Gasteiger partial charge is 0.317 e. The van der Waals surface area contributed by atoms with Gasteiger partial charge in [-0.2, -0.15) is 0 Å². The SMILES string of the molecule is C[C@@H]1CC[C@H](NC(=O)N2CC[C@@H]3CCCC[C@H]32)[C@H](C)C1. The van der Waals surface area contributed by atoms with Crippen LogP contribution in [0.2, 0.25) is 0 Å². The third-order valence-corrected chi connectivity index (χ3v) is 6.01. The van der Waals surface area contributed by atoms with Gasteiger partial charge in [-0.25, -0.2) is 4.79 Å². The molecule has 1 heterocycles. The summed E-state index contributed by atoms with van der Waals surface area (Å²) >= 11 is 0. The van der Waals surface area contributed by atoms with Crippen LogP contribution in [-0.4, -0.2) is 29.6 Å². The molecular weight excluding hydrogens is 248 g/mol. The third kappa shape index (κ3) is 2.82. The van der Waals surface area contributed by atoms with E-state index in [0.717, 1.165) is 24.8 Å². The molecule has 5 atom stereocenters. The number of hydrogen-bond donors (Lipinski definition) is 1. The molecule has 0 aromatic heterocycles. The minimum Gasteiger partial charge on any atom is -0.335 e. The molecule has 0 bridgehead atoms. The number of fused-ring (bicyclic) bond motifs is 1. The lowest BCUT2D eigenvalue weighted by atomic mass is 9.80. The number of amides is 2. The number of nitrogens with one attached hydrogen (secondary N) is 1. The Kier molecular flexibility index (Phi) is 4.23.